The zero-order valence-corrected chi connectivity index (χ0v) is 13.0. The molecule has 128 valence electrons. The Balaban J connectivity index is 1.90. The second-order valence-corrected chi connectivity index (χ2v) is 5.74. The topological polar surface area (TPSA) is 50.2 Å². The number of halogens is 3. The number of carbonyl (C=O) groups is 1. The van der Waals surface area contributed by atoms with Crippen LogP contribution < -0.4 is 5.32 Å². The van der Waals surface area contributed by atoms with Crippen molar-refractivity contribution in [1.82, 2.24) is 20.0 Å². The van der Waals surface area contributed by atoms with Crippen molar-refractivity contribution in [3.63, 3.8) is 0 Å². The summed E-state index contributed by atoms with van der Waals surface area (Å²) in [5.41, 5.74) is -0.331. The summed E-state index contributed by atoms with van der Waals surface area (Å²) in [6, 6.07) is 7.09. The van der Waals surface area contributed by atoms with Crippen LogP contribution in [0.5, 0.6) is 0 Å². The Labute approximate surface area is 137 Å². The van der Waals surface area contributed by atoms with Crippen molar-refractivity contribution in [2.24, 2.45) is 0 Å². The van der Waals surface area contributed by atoms with E-state index < -0.39 is 11.9 Å². The number of alkyl halides is 3. The third-order valence-corrected chi connectivity index (χ3v) is 4.17. The van der Waals surface area contributed by atoms with Gasteiger partial charge in [0.2, 0.25) is 0 Å². The molecule has 2 heterocycles. The smallest absolute Gasteiger partial charge is 0.337 e. The summed E-state index contributed by atoms with van der Waals surface area (Å²) in [4.78, 5) is 14.2. The van der Waals surface area contributed by atoms with Gasteiger partial charge in [0.05, 0.1) is 11.9 Å². The minimum absolute atomic E-state index is 0.0941. The molecular weight excluding hydrogens is 321 g/mol. The van der Waals surface area contributed by atoms with Gasteiger partial charge in [0.15, 0.2) is 0 Å². The van der Waals surface area contributed by atoms with E-state index in [-0.39, 0.29) is 17.6 Å². The van der Waals surface area contributed by atoms with Gasteiger partial charge in [0, 0.05) is 25.2 Å². The van der Waals surface area contributed by atoms with Crippen molar-refractivity contribution >= 4 is 5.91 Å². The van der Waals surface area contributed by atoms with Crippen molar-refractivity contribution in [1.29, 1.82) is 0 Å². The fourth-order valence-electron chi connectivity index (χ4n) is 2.83. The van der Waals surface area contributed by atoms with Crippen LogP contribution in [0, 0.1) is 0 Å². The van der Waals surface area contributed by atoms with Crippen LogP contribution in [0.1, 0.15) is 22.5 Å². The van der Waals surface area contributed by atoms with Crippen LogP contribution in [0.4, 0.5) is 13.2 Å². The summed E-state index contributed by atoms with van der Waals surface area (Å²) in [7, 11) is 1.71. The molecular formula is C16H17F3N4O. The van der Waals surface area contributed by atoms with Crippen molar-refractivity contribution in [3.8, 4) is 5.69 Å². The number of benzene rings is 1. The number of hydrogen-bond donors (Lipinski definition) is 1. The molecule has 1 aliphatic heterocycles. The van der Waals surface area contributed by atoms with Crippen molar-refractivity contribution in [2.45, 2.75) is 18.6 Å². The van der Waals surface area contributed by atoms with Gasteiger partial charge in [-0.25, -0.2) is 4.68 Å². The number of rotatable bonds is 3. The number of hydrogen-bond acceptors (Lipinski definition) is 3. The summed E-state index contributed by atoms with van der Waals surface area (Å²) < 4.78 is 39.8. The molecule has 0 unspecified atom stereocenters. The summed E-state index contributed by atoms with van der Waals surface area (Å²) in [6.07, 6.45) is -2.56. The van der Waals surface area contributed by atoms with Crippen LogP contribution in [-0.4, -0.2) is 46.8 Å². The Morgan fingerprint density at radius 2 is 2.17 bits per heavy atom. The fourth-order valence-corrected chi connectivity index (χ4v) is 2.83. The van der Waals surface area contributed by atoms with Gasteiger partial charge in [-0.2, -0.15) is 18.3 Å². The average Bonchev–Trinajstić information content (AvgIpc) is 3.24. The maximum Gasteiger partial charge on any atom is 0.433 e. The maximum absolute atomic E-state index is 13.0. The Morgan fingerprint density at radius 1 is 1.38 bits per heavy atom. The lowest BCUT2D eigenvalue weighted by atomic mass is 10.1. The maximum atomic E-state index is 13.0. The van der Waals surface area contributed by atoms with Crippen molar-refractivity contribution in [3.05, 3.63) is 47.8 Å². The van der Waals surface area contributed by atoms with E-state index in [2.05, 4.69) is 10.4 Å². The predicted molar refractivity (Wildman–Crippen MR) is 81.9 cm³/mol. The second-order valence-electron chi connectivity index (χ2n) is 5.74. The number of nitrogens with zero attached hydrogens (tertiary/aromatic N) is 3. The Hall–Kier alpha value is -2.35. The van der Waals surface area contributed by atoms with E-state index in [0.717, 1.165) is 36.5 Å². The van der Waals surface area contributed by atoms with E-state index in [4.69, 9.17) is 0 Å². The second kappa shape index (κ2) is 6.27. The quantitative estimate of drug-likeness (QED) is 0.934. The summed E-state index contributed by atoms with van der Waals surface area (Å²) in [6.45, 7) is 1.57. The van der Waals surface area contributed by atoms with Crippen LogP contribution >= 0.6 is 0 Å². The van der Waals surface area contributed by atoms with E-state index in [1.807, 2.05) is 0 Å². The molecule has 24 heavy (non-hydrogen) atoms. The molecule has 0 bridgehead atoms. The van der Waals surface area contributed by atoms with E-state index >= 15 is 0 Å². The molecule has 1 aromatic heterocycles. The number of carbonyl (C=O) groups excluding carboxylic acids is 1. The zero-order valence-electron chi connectivity index (χ0n) is 13.0. The van der Waals surface area contributed by atoms with Crippen molar-refractivity contribution in [2.75, 3.05) is 20.1 Å². The van der Waals surface area contributed by atoms with Crippen molar-refractivity contribution < 1.29 is 18.0 Å². The van der Waals surface area contributed by atoms with E-state index in [9.17, 15) is 18.0 Å². The standard InChI is InChI=1S/C16H17F3N4O/c1-22(13-5-7-20-10-13)15(24)11-3-2-4-12(9-11)23-14(6-8-21-23)16(17,18)19/h2-4,6,8-9,13,20H,5,7,10H2,1H3/t13-/m1/s1. The van der Waals surface area contributed by atoms with Crippen LogP contribution in [0.2, 0.25) is 0 Å². The highest BCUT2D eigenvalue weighted by atomic mass is 19.4. The van der Waals surface area contributed by atoms with Gasteiger partial charge in [0.1, 0.15) is 5.69 Å². The normalized spacial score (nSPS) is 17.9. The summed E-state index contributed by atoms with van der Waals surface area (Å²) in [5.74, 6) is -0.216. The molecule has 3 rings (SSSR count). The number of nitrogens with one attached hydrogen (secondary N) is 1. The van der Waals surface area contributed by atoms with E-state index in [0.29, 0.717) is 5.56 Å². The van der Waals surface area contributed by atoms with Crippen LogP contribution in [0.3, 0.4) is 0 Å². The molecule has 1 atom stereocenters. The molecule has 0 spiro atoms. The first-order chi connectivity index (χ1) is 11.4. The molecule has 0 saturated carbocycles. The highest BCUT2D eigenvalue weighted by Crippen LogP contribution is 2.30. The van der Waals surface area contributed by atoms with Gasteiger partial charge in [0.25, 0.3) is 5.91 Å². The molecule has 2 aromatic rings. The number of amides is 1. The molecule has 5 nitrogen and oxygen atoms in total. The number of likely N-dealkylation sites (N-methyl/N-ethyl adjacent to an activating group) is 1. The molecule has 0 aliphatic carbocycles. The summed E-state index contributed by atoms with van der Waals surface area (Å²) >= 11 is 0. The lowest BCUT2D eigenvalue weighted by Gasteiger charge is -2.24. The molecule has 1 saturated heterocycles. The molecule has 8 heteroatoms. The molecule has 1 fully saturated rings. The zero-order chi connectivity index (χ0) is 17.3. The van der Waals surface area contributed by atoms with E-state index in [1.54, 1.807) is 24.1 Å². The monoisotopic (exact) mass is 338 g/mol. The van der Waals surface area contributed by atoms with Gasteiger partial charge in [-0.3, -0.25) is 4.79 Å². The molecule has 1 aliphatic rings. The van der Waals surface area contributed by atoms with Gasteiger partial charge < -0.3 is 10.2 Å². The molecule has 1 amide bonds. The molecule has 0 radical (unpaired) electrons. The van der Waals surface area contributed by atoms with Gasteiger partial charge >= 0.3 is 6.18 Å². The molecule has 1 N–H and O–H groups in total. The predicted octanol–water partition coefficient (Wildman–Crippen LogP) is 2.33. The highest BCUT2D eigenvalue weighted by Gasteiger charge is 2.35. The van der Waals surface area contributed by atoms with Gasteiger partial charge in [-0.05, 0) is 37.2 Å². The first-order valence-electron chi connectivity index (χ1n) is 7.57. The Bertz CT molecular complexity index is 735. The van der Waals surface area contributed by atoms with Gasteiger partial charge in [-0.15, -0.1) is 0 Å². The lowest BCUT2D eigenvalue weighted by Crippen LogP contribution is -2.38. The minimum Gasteiger partial charge on any atom is -0.337 e. The number of aromatic nitrogens is 2. The minimum atomic E-state index is -4.51. The van der Waals surface area contributed by atoms with Crippen LogP contribution in [-0.2, 0) is 6.18 Å². The van der Waals surface area contributed by atoms with Gasteiger partial charge in [-0.1, -0.05) is 6.07 Å². The average molecular weight is 338 g/mol. The first-order valence-corrected chi connectivity index (χ1v) is 7.57. The fraction of sp³-hybridized carbons (Fsp3) is 0.375. The van der Waals surface area contributed by atoms with E-state index in [1.165, 1.54) is 12.1 Å². The highest BCUT2D eigenvalue weighted by molar-refractivity contribution is 5.94. The third kappa shape index (κ3) is 3.14. The summed E-state index contributed by atoms with van der Waals surface area (Å²) in [5, 5.41) is 6.92. The SMILES string of the molecule is CN(C(=O)c1cccc(-n2nccc2C(F)(F)F)c1)[C@@H]1CCNC1. The third-order valence-electron chi connectivity index (χ3n) is 4.17. The van der Waals surface area contributed by atoms with Crippen LogP contribution in [0.15, 0.2) is 36.5 Å². The Kier molecular flexibility index (Phi) is 4.31. The molecule has 1 aromatic carbocycles. The largest absolute Gasteiger partial charge is 0.433 e. The van der Waals surface area contributed by atoms with Crippen LogP contribution in [0.25, 0.3) is 5.69 Å². The lowest BCUT2D eigenvalue weighted by molar-refractivity contribution is -0.142. The first kappa shape index (κ1) is 16.5. The Morgan fingerprint density at radius 3 is 2.83 bits per heavy atom.